The van der Waals surface area contributed by atoms with E-state index in [0.717, 1.165) is 4.31 Å². The number of morpholine rings is 1. The molecule has 220 valence electrons. The summed E-state index contributed by atoms with van der Waals surface area (Å²) in [6, 6.07) is 17.4. The van der Waals surface area contributed by atoms with Gasteiger partial charge in [-0.3, -0.25) is 9.10 Å². The van der Waals surface area contributed by atoms with Gasteiger partial charge in [-0.05, 0) is 54.4 Å². The van der Waals surface area contributed by atoms with Crippen LogP contribution in [-0.4, -0.2) is 74.1 Å². The maximum atomic E-state index is 13.9. The van der Waals surface area contributed by atoms with Gasteiger partial charge in [0.1, 0.15) is 22.9 Å². The number of ether oxygens (including phenoxy) is 3. The van der Waals surface area contributed by atoms with Gasteiger partial charge in [-0.1, -0.05) is 24.3 Å². The molecule has 1 saturated heterocycles. The highest BCUT2D eigenvalue weighted by atomic mass is 32.2. The topological polar surface area (TPSA) is 132 Å². The number of carbonyl (C=O) groups is 1. The normalized spacial score (nSPS) is 14.3. The molecule has 0 aromatic heterocycles. The van der Waals surface area contributed by atoms with Crippen molar-refractivity contribution in [2.45, 2.75) is 23.3 Å². The Balaban J connectivity index is 1.53. The van der Waals surface area contributed by atoms with E-state index >= 15 is 0 Å². The molecule has 0 radical (unpaired) electrons. The molecule has 0 atom stereocenters. The molecule has 3 aromatic rings. The summed E-state index contributed by atoms with van der Waals surface area (Å²) in [5.74, 6) is 0.00971. The van der Waals surface area contributed by atoms with Crippen LogP contribution in [-0.2, 0) is 36.1 Å². The SMILES string of the molecule is COc1cccc(N(CC(=O)NCc2ccc(S(=O)(=O)N3CCOCC3)cc2)S(=O)(=O)c2cc(C)ccc2OC)c1. The second-order valence-electron chi connectivity index (χ2n) is 9.30. The second-order valence-corrected chi connectivity index (χ2v) is 13.1. The van der Waals surface area contributed by atoms with Crippen molar-refractivity contribution < 1.29 is 35.8 Å². The molecule has 1 heterocycles. The first-order valence-electron chi connectivity index (χ1n) is 12.8. The van der Waals surface area contributed by atoms with Crippen LogP contribution in [0, 0.1) is 6.92 Å². The van der Waals surface area contributed by atoms with E-state index in [0.29, 0.717) is 43.2 Å². The molecule has 1 amide bonds. The zero-order valence-electron chi connectivity index (χ0n) is 23.1. The quantitative estimate of drug-likeness (QED) is 0.354. The van der Waals surface area contributed by atoms with Crippen LogP contribution < -0.4 is 19.1 Å². The summed E-state index contributed by atoms with van der Waals surface area (Å²) in [5, 5.41) is 2.73. The van der Waals surface area contributed by atoms with Crippen molar-refractivity contribution >= 4 is 31.6 Å². The first kappa shape index (κ1) is 30.3. The Hall–Kier alpha value is -3.65. The van der Waals surface area contributed by atoms with Crippen LogP contribution in [0.1, 0.15) is 11.1 Å². The number of carbonyl (C=O) groups excluding carboxylic acids is 1. The predicted octanol–water partition coefficient (Wildman–Crippen LogP) is 2.54. The van der Waals surface area contributed by atoms with Crippen molar-refractivity contribution in [2.75, 3.05) is 51.4 Å². The third-order valence-corrected chi connectivity index (χ3v) is 10.2. The fourth-order valence-electron chi connectivity index (χ4n) is 4.29. The van der Waals surface area contributed by atoms with E-state index in [1.54, 1.807) is 49.4 Å². The highest BCUT2D eigenvalue weighted by molar-refractivity contribution is 7.93. The van der Waals surface area contributed by atoms with Crippen LogP contribution in [0.15, 0.2) is 76.5 Å². The summed E-state index contributed by atoms with van der Waals surface area (Å²) in [5.41, 5.74) is 1.59. The summed E-state index contributed by atoms with van der Waals surface area (Å²) in [4.78, 5) is 13.2. The average Bonchev–Trinajstić information content (AvgIpc) is 2.99. The van der Waals surface area contributed by atoms with E-state index in [1.807, 2.05) is 0 Å². The first-order valence-corrected chi connectivity index (χ1v) is 15.7. The number of methoxy groups -OCH3 is 2. The van der Waals surface area contributed by atoms with Crippen molar-refractivity contribution in [3.05, 3.63) is 77.9 Å². The van der Waals surface area contributed by atoms with Gasteiger partial charge in [0.15, 0.2) is 0 Å². The molecule has 0 bridgehead atoms. The smallest absolute Gasteiger partial charge is 0.268 e. The van der Waals surface area contributed by atoms with Crippen LogP contribution in [0.3, 0.4) is 0 Å². The third-order valence-electron chi connectivity index (χ3n) is 6.54. The van der Waals surface area contributed by atoms with Crippen LogP contribution in [0.4, 0.5) is 5.69 Å². The number of amides is 1. The molecule has 11 nitrogen and oxygen atoms in total. The number of nitrogens with one attached hydrogen (secondary N) is 1. The number of hydrogen-bond acceptors (Lipinski definition) is 8. The molecule has 1 aliphatic heterocycles. The number of anilines is 1. The third kappa shape index (κ3) is 6.99. The van der Waals surface area contributed by atoms with Gasteiger partial charge in [-0.2, -0.15) is 4.31 Å². The van der Waals surface area contributed by atoms with Gasteiger partial charge >= 0.3 is 0 Å². The monoisotopic (exact) mass is 603 g/mol. The summed E-state index contributed by atoms with van der Waals surface area (Å²) in [6.45, 7) is 2.60. The number of hydrogen-bond donors (Lipinski definition) is 1. The van der Waals surface area contributed by atoms with Crippen LogP contribution in [0.5, 0.6) is 11.5 Å². The molecule has 1 fully saturated rings. The molecule has 0 aliphatic carbocycles. The van der Waals surface area contributed by atoms with Crippen molar-refractivity contribution in [3.63, 3.8) is 0 Å². The van der Waals surface area contributed by atoms with Gasteiger partial charge in [0, 0.05) is 25.7 Å². The van der Waals surface area contributed by atoms with Crippen molar-refractivity contribution in [3.8, 4) is 11.5 Å². The second kappa shape index (κ2) is 12.9. The van der Waals surface area contributed by atoms with E-state index in [4.69, 9.17) is 14.2 Å². The molecule has 1 N–H and O–H groups in total. The lowest BCUT2D eigenvalue weighted by molar-refractivity contribution is -0.119. The molecule has 41 heavy (non-hydrogen) atoms. The number of benzene rings is 3. The van der Waals surface area contributed by atoms with Gasteiger partial charge in [-0.25, -0.2) is 16.8 Å². The van der Waals surface area contributed by atoms with Crippen LogP contribution >= 0.6 is 0 Å². The molecule has 13 heteroatoms. The standard InChI is InChI=1S/C28H33N3O8S2/c1-21-7-12-26(38-3)27(17-21)41(35,36)31(23-5-4-6-24(18-23)37-2)20-28(32)29-19-22-8-10-25(11-9-22)40(33,34)30-13-15-39-16-14-30/h4-12,17-18H,13-16,19-20H2,1-3H3,(H,29,32). The zero-order valence-corrected chi connectivity index (χ0v) is 24.7. The summed E-state index contributed by atoms with van der Waals surface area (Å²) >= 11 is 0. The Morgan fingerprint density at radius 1 is 0.951 bits per heavy atom. The van der Waals surface area contributed by atoms with E-state index in [2.05, 4.69) is 5.32 Å². The molecule has 0 unspecified atom stereocenters. The number of nitrogens with zero attached hydrogens (tertiary/aromatic N) is 2. The summed E-state index contributed by atoms with van der Waals surface area (Å²) in [7, 11) is -5.04. The first-order chi connectivity index (χ1) is 19.6. The van der Waals surface area contributed by atoms with Gasteiger partial charge in [-0.15, -0.1) is 0 Å². The van der Waals surface area contributed by atoms with E-state index in [-0.39, 0.29) is 27.8 Å². The van der Waals surface area contributed by atoms with Crippen molar-refractivity contribution in [2.24, 2.45) is 0 Å². The largest absolute Gasteiger partial charge is 0.497 e. The van der Waals surface area contributed by atoms with Crippen LogP contribution in [0.25, 0.3) is 0 Å². The Morgan fingerprint density at radius 2 is 1.66 bits per heavy atom. The minimum absolute atomic E-state index is 0.0660. The van der Waals surface area contributed by atoms with Crippen LogP contribution in [0.2, 0.25) is 0 Å². The lowest BCUT2D eigenvalue weighted by Crippen LogP contribution is -2.41. The van der Waals surface area contributed by atoms with Crippen molar-refractivity contribution in [1.29, 1.82) is 0 Å². The van der Waals surface area contributed by atoms with Gasteiger partial charge in [0.05, 0.1) is 38.0 Å². The fraction of sp³-hybridized carbons (Fsp3) is 0.321. The molecule has 0 spiro atoms. The Kier molecular flexibility index (Phi) is 9.53. The number of sulfonamides is 2. The average molecular weight is 604 g/mol. The van der Waals surface area contributed by atoms with Gasteiger partial charge in [0.2, 0.25) is 15.9 Å². The molecular weight excluding hydrogens is 570 g/mol. The maximum Gasteiger partial charge on any atom is 0.268 e. The van der Waals surface area contributed by atoms with Gasteiger partial charge in [0.25, 0.3) is 10.0 Å². The predicted molar refractivity (Wildman–Crippen MR) is 153 cm³/mol. The number of aryl methyl sites for hydroxylation is 1. The summed E-state index contributed by atoms with van der Waals surface area (Å²) in [6.07, 6.45) is 0. The Labute approximate surface area is 240 Å². The lowest BCUT2D eigenvalue weighted by Gasteiger charge is -2.26. The number of rotatable bonds is 11. The van der Waals surface area contributed by atoms with E-state index < -0.39 is 32.5 Å². The minimum Gasteiger partial charge on any atom is -0.497 e. The summed E-state index contributed by atoms with van der Waals surface area (Å²) < 4.78 is 71.7. The zero-order chi connectivity index (χ0) is 29.6. The molecular formula is C28H33N3O8S2. The van der Waals surface area contributed by atoms with Crippen molar-refractivity contribution in [1.82, 2.24) is 9.62 Å². The van der Waals surface area contributed by atoms with E-state index in [9.17, 15) is 21.6 Å². The minimum atomic E-state index is -4.24. The highest BCUT2D eigenvalue weighted by Crippen LogP contribution is 2.32. The highest BCUT2D eigenvalue weighted by Gasteiger charge is 2.31. The fourth-order valence-corrected chi connectivity index (χ4v) is 7.35. The molecule has 4 rings (SSSR count). The Bertz CT molecular complexity index is 1590. The lowest BCUT2D eigenvalue weighted by atomic mass is 10.2. The Morgan fingerprint density at radius 3 is 2.32 bits per heavy atom. The van der Waals surface area contributed by atoms with E-state index in [1.165, 1.54) is 42.8 Å². The van der Waals surface area contributed by atoms with Gasteiger partial charge < -0.3 is 19.5 Å². The molecule has 1 aliphatic rings. The maximum absolute atomic E-state index is 13.9. The molecule has 0 saturated carbocycles. The molecule has 3 aromatic carbocycles.